The lowest BCUT2D eigenvalue weighted by atomic mass is 9.78. The Morgan fingerprint density at radius 2 is 1.56 bits per heavy atom. The highest BCUT2D eigenvalue weighted by atomic mass is 19.4. The van der Waals surface area contributed by atoms with Gasteiger partial charge in [0.25, 0.3) is 0 Å². The van der Waals surface area contributed by atoms with E-state index >= 15 is 0 Å². The Morgan fingerprint density at radius 1 is 1.00 bits per heavy atom. The molecule has 0 bridgehead atoms. The first-order chi connectivity index (χ1) is 18.0. The van der Waals surface area contributed by atoms with Gasteiger partial charge in [0.05, 0.1) is 17.9 Å². The molecular formula is C24H33F6N3O6. The summed E-state index contributed by atoms with van der Waals surface area (Å²) in [6.45, 7) is 7.21. The number of amides is 1. The Labute approximate surface area is 221 Å². The maximum absolute atomic E-state index is 13.2. The topological polar surface area (TPSA) is 115 Å². The summed E-state index contributed by atoms with van der Waals surface area (Å²) in [5.74, 6) is -4.38. The number of alkyl halides is 6. The second-order valence-corrected chi connectivity index (χ2v) is 10.1. The predicted molar refractivity (Wildman–Crippen MR) is 124 cm³/mol. The zero-order valence-electron chi connectivity index (χ0n) is 21.4. The van der Waals surface area contributed by atoms with E-state index in [0.717, 1.165) is 52.0 Å². The van der Waals surface area contributed by atoms with Crippen molar-refractivity contribution in [3.63, 3.8) is 0 Å². The van der Waals surface area contributed by atoms with Gasteiger partial charge in [0.15, 0.2) is 0 Å². The van der Waals surface area contributed by atoms with Crippen LogP contribution in [0.4, 0.5) is 26.3 Å². The molecule has 2 N–H and O–H groups in total. The van der Waals surface area contributed by atoms with Gasteiger partial charge in [-0.2, -0.15) is 26.3 Å². The van der Waals surface area contributed by atoms with Crippen LogP contribution in [0.25, 0.3) is 0 Å². The summed E-state index contributed by atoms with van der Waals surface area (Å²) in [6.07, 6.45) is -0.896. The second-order valence-electron chi connectivity index (χ2n) is 10.1. The van der Waals surface area contributed by atoms with Gasteiger partial charge in [-0.15, -0.1) is 0 Å². The minimum atomic E-state index is -5.08. The molecule has 0 radical (unpaired) electrons. The fraction of sp³-hybridized carbons (Fsp3) is 0.708. The Hall–Kier alpha value is -2.81. The quantitative estimate of drug-likeness (QED) is 0.525. The fourth-order valence-corrected chi connectivity index (χ4v) is 5.00. The van der Waals surface area contributed by atoms with Crippen LogP contribution in [-0.2, 0) is 20.9 Å². The number of halogens is 6. The average Bonchev–Trinajstić information content (AvgIpc) is 3.44. The van der Waals surface area contributed by atoms with Crippen molar-refractivity contribution < 1.29 is 55.4 Å². The van der Waals surface area contributed by atoms with Crippen molar-refractivity contribution in [2.24, 2.45) is 11.3 Å². The largest absolute Gasteiger partial charge is 0.490 e. The number of rotatable bonds is 4. The maximum atomic E-state index is 13.2. The normalized spacial score (nSPS) is 23.2. The molecule has 1 atom stereocenters. The van der Waals surface area contributed by atoms with Gasteiger partial charge in [-0.05, 0) is 70.8 Å². The third-order valence-corrected chi connectivity index (χ3v) is 7.05. The number of carboxylic acids is 2. The first-order valence-corrected chi connectivity index (χ1v) is 12.3. The minimum absolute atomic E-state index is 0.118. The monoisotopic (exact) mass is 573 g/mol. The molecule has 1 spiro atoms. The molecule has 3 aliphatic rings. The average molecular weight is 574 g/mol. The summed E-state index contributed by atoms with van der Waals surface area (Å²) < 4.78 is 68.7. The van der Waals surface area contributed by atoms with E-state index in [2.05, 4.69) is 21.7 Å². The Morgan fingerprint density at radius 3 is 2.05 bits per heavy atom. The van der Waals surface area contributed by atoms with Gasteiger partial charge in [0.2, 0.25) is 5.91 Å². The van der Waals surface area contributed by atoms with Crippen LogP contribution in [0.3, 0.4) is 0 Å². The minimum Gasteiger partial charge on any atom is -0.475 e. The SMILES string of the molecule is CN1CCC(CN2CCC3(CCCN(Cc4ccoc4)C3)C2=O)CC1.O=C(O)C(F)(F)F.O=C(O)C(F)(F)F. The van der Waals surface area contributed by atoms with E-state index in [4.69, 9.17) is 24.2 Å². The van der Waals surface area contributed by atoms with Crippen molar-refractivity contribution in [3.05, 3.63) is 24.2 Å². The third kappa shape index (κ3) is 10.0. The van der Waals surface area contributed by atoms with Crippen LogP contribution in [0.5, 0.6) is 0 Å². The number of aliphatic carboxylic acids is 2. The van der Waals surface area contributed by atoms with E-state index in [-0.39, 0.29) is 5.41 Å². The molecule has 39 heavy (non-hydrogen) atoms. The summed E-state index contributed by atoms with van der Waals surface area (Å²) in [5, 5.41) is 14.2. The number of carbonyl (C=O) groups excluding carboxylic acids is 1. The van der Waals surface area contributed by atoms with Crippen LogP contribution in [0.15, 0.2) is 23.0 Å². The second kappa shape index (κ2) is 13.5. The summed E-state index contributed by atoms with van der Waals surface area (Å²) >= 11 is 0. The molecule has 9 nitrogen and oxygen atoms in total. The van der Waals surface area contributed by atoms with Crippen LogP contribution in [0.2, 0.25) is 0 Å². The van der Waals surface area contributed by atoms with Crippen LogP contribution >= 0.6 is 0 Å². The summed E-state index contributed by atoms with van der Waals surface area (Å²) in [5.41, 5.74) is 1.10. The third-order valence-electron chi connectivity index (χ3n) is 7.05. The van der Waals surface area contributed by atoms with Crippen LogP contribution in [0.1, 0.15) is 37.7 Å². The van der Waals surface area contributed by atoms with Gasteiger partial charge in [0, 0.05) is 31.7 Å². The molecule has 15 heteroatoms. The molecule has 3 saturated heterocycles. The molecule has 1 amide bonds. The van der Waals surface area contributed by atoms with Gasteiger partial charge in [-0.3, -0.25) is 9.69 Å². The number of carbonyl (C=O) groups is 3. The molecule has 0 aliphatic carbocycles. The number of nitrogens with zero attached hydrogens (tertiary/aromatic N) is 3. The van der Waals surface area contributed by atoms with E-state index in [1.54, 1.807) is 6.26 Å². The van der Waals surface area contributed by atoms with E-state index in [1.165, 1.54) is 31.5 Å². The van der Waals surface area contributed by atoms with E-state index < -0.39 is 24.3 Å². The summed E-state index contributed by atoms with van der Waals surface area (Å²) in [6, 6.07) is 2.03. The van der Waals surface area contributed by atoms with Crippen LogP contribution in [-0.4, -0.2) is 101 Å². The Kier molecular flexibility index (Phi) is 11.2. The standard InChI is InChI=1S/C20H31N3O2.2C2HF3O2/c1-21-9-3-17(4-10-21)14-23-11-7-20(19(23)24)6-2-8-22(16-20)13-18-5-12-25-15-18;2*3-2(4,5)1(6)7/h5,12,15,17H,2-4,6-11,13-14,16H2,1H3;2*(H,6,7). The number of piperidine rings is 2. The van der Waals surface area contributed by atoms with Crippen molar-refractivity contribution in [2.75, 3.05) is 46.3 Å². The number of furan rings is 1. The summed E-state index contributed by atoms with van der Waals surface area (Å²) in [4.78, 5) is 38.1. The van der Waals surface area contributed by atoms with Gasteiger partial charge < -0.3 is 24.4 Å². The van der Waals surface area contributed by atoms with Crippen LogP contribution in [0, 0.1) is 11.3 Å². The Balaban J connectivity index is 0.000000317. The Bertz CT molecular complexity index is 923. The van der Waals surface area contributed by atoms with Gasteiger partial charge in [0.1, 0.15) is 0 Å². The molecule has 1 aromatic rings. The molecule has 3 fully saturated rings. The van der Waals surface area contributed by atoms with E-state index in [1.807, 2.05) is 12.3 Å². The predicted octanol–water partition coefficient (Wildman–Crippen LogP) is 3.70. The maximum Gasteiger partial charge on any atom is 0.490 e. The smallest absolute Gasteiger partial charge is 0.475 e. The van der Waals surface area contributed by atoms with Crippen molar-refractivity contribution in [1.29, 1.82) is 0 Å². The highest BCUT2D eigenvalue weighted by Crippen LogP contribution is 2.41. The highest BCUT2D eigenvalue weighted by Gasteiger charge is 2.49. The molecule has 3 aliphatic heterocycles. The van der Waals surface area contributed by atoms with Crippen molar-refractivity contribution >= 4 is 17.8 Å². The van der Waals surface area contributed by atoms with E-state index in [9.17, 15) is 31.1 Å². The van der Waals surface area contributed by atoms with Crippen molar-refractivity contribution in [2.45, 2.75) is 51.0 Å². The molecule has 0 saturated carbocycles. The van der Waals surface area contributed by atoms with Crippen LogP contribution < -0.4 is 0 Å². The molecule has 1 unspecified atom stereocenters. The molecular weight excluding hydrogens is 540 g/mol. The molecule has 4 rings (SSSR count). The van der Waals surface area contributed by atoms with Gasteiger partial charge in [-0.25, -0.2) is 9.59 Å². The van der Waals surface area contributed by atoms with Crippen molar-refractivity contribution in [3.8, 4) is 0 Å². The first kappa shape index (κ1) is 32.4. The summed E-state index contributed by atoms with van der Waals surface area (Å²) in [7, 11) is 2.20. The molecule has 4 heterocycles. The lowest BCUT2D eigenvalue weighted by molar-refractivity contribution is -0.193. The van der Waals surface area contributed by atoms with Crippen molar-refractivity contribution in [1.82, 2.24) is 14.7 Å². The number of hydrogen-bond donors (Lipinski definition) is 2. The molecule has 0 aromatic carbocycles. The number of carboxylic acid groups (broad SMARTS) is 2. The number of likely N-dealkylation sites (tertiary alicyclic amines) is 3. The zero-order valence-corrected chi connectivity index (χ0v) is 21.4. The number of hydrogen-bond acceptors (Lipinski definition) is 6. The molecule has 222 valence electrons. The molecule has 1 aromatic heterocycles. The van der Waals surface area contributed by atoms with E-state index in [0.29, 0.717) is 11.8 Å². The van der Waals surface area contributed by atoms with Gasteiger partial charge in [-0.1, -0.05) is 0 Å². The first-order valence-electron chi connectivity index (χ1n) is 12.3. The lowest BCUT2D eigenvalue weighted by Gasteiger charge is -2.39. The zero-order chi connectivity index (χ0) is 29.4. The lowest BCUT2D eigenvalue weighted by Crippen LogP contribution is -2.48. The highest BCUT2D eigenvalue weighted by molar-refractivity contribution is 5.85. The van der Waals surface area contributed by atoms with Gasteiger partial charge >= 0.3 is 24.3 Å². The fourth-order valence-electron chi connectivity index (χ4n) is 5.00.